The molecular formula is C15H25NO. The standard InChI is InChI=1S/C15H25NO/c1-7-16-13(5)12(4)15-11(3)8-10(2)9-14(15)17-6/h7-8,12-14,16H,1,9H2,2-6H3. The molecule has 2 heteroatoms. The van der Waals surface area contributed by atoms with Gasteiger partial charge in [0.05, 0.1) is 6.10 Å². The van der Waals surface area contributed by atoms with Gasteiger partial charge in [-0.3, -0.25) is 0 Å². The molecule has 1 N–H and O–H groups in total. The molecule has 0 aromatic carbocycles. The van der Waals surface area contributed by atoms with Crippen molar-refractivity contribution >= 4 is 0 Å². The van der Waals surface area contributed by atoms with Gasteiger partial charge in [0, 0.05) is 13.2 Å². The maximum Gasteiger partial charge on any atom is 0.0827 e. The first kappa shape index (κ1) is 14.0. The highest BCUT2D eigenvalue weighted by Gasteiger charge is 2.27. The number of hydrogen-bond acceptors (Lipinski definition) is 2. The van der Waals surface area contributed by atoms with Gasteiger partial charge in [-0.05, 0) is 50.5 Å². The summed E-state index contributed by atoms with van der Waals surface area (Å²) in [5.41, 5.74) is 4.17. The van der Waals surface area contributed by atoms with Gasteiger partial charge in [-0.2, -0.15) is 0 Å². The van der Waals surface area contributed by atoms with Crippen molar-refractivity contribution in [3.05, 3.63) is 35.6 Å². The highest BCUT2D eigenvalue weighted by atomic mass is 16.5. The summed E-state index contributed by atoms with van der Waals surface area (Å²) in [5.74, 6) is 0.447. The third-order valence-electron chi connectivity index (χ3n) is 3.68. The molecule has 0 amide bonds. The second-order valence-corrected chi connectivity index (χ2v) is 5.01. The van der Waals surface area contributed by atoms with E-state index in [0.717, 1.165) is 6.42 Å². The molecule has 17 heavy (non-hydrogen) atoms. The van der Waals surface area contributed by atoms with Crippen LogP contribution in [0.15, 0.2) is 35.6 Å². The van der Waals surface area contributed by atoms with Gasteiger partial charge in [-0.1, -0.05) is 25.2 Å². The van der Waals surface area contributed by atoms with Gasteiger partial charge in [0.25, 0.3) is 0 Å². The summed E-state index contributed by atoms with van der Waals surface area (Å²) in [6, 6.07) is 0.377. The summed E-state index contributed by atoms with van der Waals surface area (Å²) < 4.78 is 5.64. The molecule has 0 saturated carbocycles. The highest BCUT2D eigenvalue weighted by molar-refractivity contribution is 5.36. The van der Waals surface area contributed by atoms with E-state index in [4.69, 9.17) is 4.74 Å². The second kappa shape index (κ2) is 6.06. The molecule has 0 fully saturated rings. The molecule has 3 atom stereocenters. The van der Waals surface area contributed by atoms with Crippen LogP contribution < -0.4 is 5.32 Å². The van der Waals surface area contributed by atoms with Crippen LogP contribution in [0.4, 0.5) is 0 Å². The van der Waals surface area contributed by atoms with E-state index in [0.29, 0.717) is 12.0 Å². The molecule has 1 rings (SSSR count). The van der Waals surface area contributed by atoms with Gasteiger partial charge < -0.3 is 10.1 Å². The summed E-state index contributed by atoms with van der Waals surface area (Å²) in [7, 11) is 1.80. The Balaban J connectivity index is 2.98. The third kappa shape index (κ3) is 3.22. The maximum atomic E-state index is 5.64. The largest absolute Gasteiger partial charge is 0.388 e. The number of allylic oxidation sites excluding steroid dienone is 2. The molecule has 0 aromatic heterocycles. The minimum Gasteiger partial charge on any atom is -0.388 e. The van der Waals surface area contributed by atoms with Gasteiger partial charge >= 0.3 is 0 Å². The lowest BCUT2D eigenvalue weighted by molar-refractivity contribution is 0.118. The van der Waals surface area contributed by atoms with Crippen molar-refractivity contribution in [1.29, 1.82) is 0 Å². The minimum absolute atomic E-state index is 0.226. The molecule has 0 aliphatic heterocycles. The van der Waals surface area contributed by atoms with Gasteiger partial charge in [0.15, 0.2) is 0 Å². The van der Waals surface area contributed by atoms with E-state index in [1.165, 1.54) is 16.7 Å². The molecule has 0 heterocycles. The first-order valence-corrected chi connectivity index (χ1v) is 6.28. The summed E-state index contributed by atoms with van der Waals surface area (Å²) >= 11 is 0. The zero-order valence-electron chi connectivity index (χ0n) is 11.7. The lowest BCUT2D eigenvalue weighted by Gasteiger charge is -2.32. The Labute approximate surface area is 105 Å². The first-order chi connectivity index (χ1) is 8.01. The van der Waals surface area contributed by atoms with Crippen molar-refractivity contribution < 1.29 is 4.74 Å². The van der Waals surface area contributed by atoms with E-state index in [-0.39, 0.29) is 6.10 Å². The summed E-state index contributed by atoms with van der Waals surface area (Å²) in [6.07, 6.45) is 5.28. The number of rotatable bonds is 5. The smallest absolute Gasteiger partial charge is 0.0827 e. The molecule has 0 radical (unpaired) electrons. The van der Waals surface area contributed by atoms with Crippen LogP contribution in [0.2, 0.25) is 0 Å². The normalized spacial score (nSPS) is 24.1. The van der Waals surface area contributed by atoms with Crippen LogP contribution in [0, 0.1) is 5.92 Å². The van der Waals surface area contributed by atoms with Crippen LogP contribution in [-0.2, 0) is 4.74 Å². The minimum atomic E-state index is 0.226. The fraction of sp³-hybridized carbons (Fsp3) is 0.600. The molecule has 3 unspecified atom stereocenters. The average Bonchev–Trinajstić information content (AvgIpc) is 2.27. The summed E-state index contributed by atoms with van der Waals surface area (Å²) in [6.45, 7) is 12.5. The van der Waals surface area contributed by atoms with Gasteiger partial charge in [-0.25, -0.2) is 0 Å². The van der Waals surface area contributed by atoms with Gasteiger partial charge in [-0.15, -0.1) is 0 Å². The Hall–Kier alpha value is -1.02. The lowest BCUT2D eigenvalue weighted by Crippen LogP contribution is -2.34. The van der Waals surface area contributed by atoms with E-state index < -0.39 is 0 Å². The molecule has 0 spiro atoms. The van der Waals surface area contributed by atoms with Crippen LogP contribution in [0.5, 0.6) is 0 Å². The van der Waals surface area contributed by atoms with Crippen LogP contribution in [-0.4, -0.2) is 19.3 Å². The van der Waals surface area contributed by atoms with Crippen molar-refractivity contribution in [2.75, 3.05) is 7.11 Å². The van der Waals surface area contributed by atoms with Crippen molar-refractivity contribution in [2.45, 2.75) is 46.3 Å². The fourth-order valence-corrected chi connectivity index (χ4v) is 2.63. The Morgan fingerprint density at radius 2 is 2.12 bits per heavy atom. The topological polar surface area (TPSA) is 21.3 Å². The predicted octanol–water partition coefficient (Wildman–Crippen LogP) is 3.43. The van der Waals surface area contributed by atoms with E-state index in [1.54, 1.807) is 13.3 Å². The number of methoxy groups -OCH3 is 1. The van der Waals surface area contributed by atoms with Crippen molar-refractivity contribution in [2.24, 2.45) is 5.92 Å². The molecule has 1 aliphatic rings. The fourth-order valence-electron chi connectivity index (χ4n) is 2.63. The van der Waals surface area contributed by atoms with E-state index in [2.05, 4.69) is 45.7 Å². The van der Waals surface area contributed by atoms with Crippen LogP contribution >= 0.6 is 0 Å². The third-order valence-corrected chi connectivity index (χ3v) is 3.68. The Morgan fingerprint density at radius 1 is 1.47 bits per heavy atom. The van der Waals surface area contributed by atoms with Crippen LogP contribution in [0.3, 0.4) is 0 Å². The summed E-state index contributed by atoms with van der Waals surface area (Å²) in [4.78, 5) is 0. The predicted molar refractivity (Wildman–Crippen MR) is 73.8 cm³/mol. The Morgan fingerprint density at radius 3 is 2.65 bits per heavy atom. The zero-order chi connectivity index (χ0) is 13.0. The van der Waals surface area contributed by atoms with E-state index in [1.807, 2.05) is 0 Å². The first-order valence-electron chi connectivity index (χ1n) is 6.28. The van der Waals surface area contributed by atoms with Crippen molar-refractivity contribution in [3.8, 4) is 0 Å². The van der Waals surface area contributed by atoms with Crippen molar-refractivity contribution in [3.63, 3.8) is 0 Å². The molecule has 2 nitrogen and oxygen atoms in total. The summed E-state index contributed by atoms with van der Waals surface area (Å²) in [5, 5.41) is 3.27. The quantitative estimate of drug-likeness (QED) is 0.788. The van der Waals surface area contributed by atoms with E-state index >= 15 is 0 Å². The molecule has 0 bridgehead atoms. The highest BCUT2D eigenvalue weighted by Crippen LogP contribution is 2.32. The molecule has 0 aromatic rings. The molecule has 0 saturated heterocycles. The Bertz CT molecular complexity index is 341. The van der Waals surface area contributed by atoms with Crippen LogP contribution in [0.25, 0.3) is 0 Å². The molecule has 96 valence electrons. The van der Waals surface area contributed by atoms with E-state index in [9.17, 15) is 0 Å². The average molecular weight is 235 g/mol. The van der Waals surface area contributed by atoms with Gasteiger partial charge in [0.1, 0.15) is 0 Å². The molecule has 1 aliphatic carbocycles. The SMILES string of the molecule is C=CNC(C)C(C)C1=C(C)C=C(C)CC1OC. The van der Waals surface area contributed by atoms with Gasteiger partial charge in [0.2, 0.25) is 0 Å². The monoisotopic (exact) mass is 235 g/mol. The maximum absolute atomic E-state index is 5.64. The number of ether oxygens (including phenoxy) is 1. The number of nitrogens with one attached hydrogen (secondary N) is 1. The molecular weight excluding hydrogens is 210 g/mol. The second-order valence-electron chi connectivity index (χ2n) is 5.01. The zero-order valence-corrected chi connectivity index (χ0v) is 11.7. The van der Waals surface area contributed by atoms with Crippen LogP contribution in [0.1, 0.15) is 34.1 Å². The number of hydrogen-bond donors (Lipinski definition) is 1. The van der Waals surface area contributed by atoms with Crippen molar-refractivity contribution in [1.82, 2.24) is 5.32 Å². The lowest BCUT2D eigenvalue weighted by atomic mass is 9.81. The Kier molecular flexibility index (Phi) is 5.01.